The Morgan fingerprint density at radius 3 is 1.24 bits per heavy atom. The Morgan fingerprint density at radius 2 is 1.05 bits per heavy atom. The van der Waals surface area contributed by atoms with Crippen molar-refractivity contribution in [1.29, 1.82) is 0 Å². The Hall–Kier alpha value is 0.588. The van der Waals surface area contributed by atoms with Gasteiger partial charge >= 0.3 is 25.3 Å². The van der Waals surface area contributed by atoms with E-state index >= 15 is 0 Å². The Morgan fingerprint density at radius 1 is 0.784 bits per heavy atom. The van der Waals surface area contributed by atoms with Crippen LogP contribution >= 0.6 is 74.1 Å². The molecule has 0 aliphatic carbocycles. The molecule has 2 fully saturated rings. The van der Waals surface area contributed by atoms with Gasteiger partial charge in [0.1, 0.15) is 0 Å². The molecule has 25 heteroatoms. The minimum absolute atomic E-state index is 0.0530. The number of thiocarbonyl (C=S) groups is 4. The van der Waals surface area contributed by atoms with Crippen LogP contribution in [0.1, 0.15) is 0 Å². The van der Waals surface area contributed by atoms with E-state index in [0.717, 1.165) is 36.5 Å². The van der Waals surface area contributed by atoms with Crippen molar-refractivity contribution in [2.24, 2.45) is 0 Å². The first kappa shape index (κ1) is 37.6. The Balaban J connectivity index is 0.000000633. The molecule has 0 radical (unpaired) electrons. The molecule has 2 aliphatic heterocycles. The third kappa shape index (κ3) is 14.7. The summed E-state index contributed by atoms with van der Waals surface area (Å²) in [6.45, 7) is 5.86. The summed E-state index contributed by atoms with van der Waals surface area (Å²) in [4.78, 5) is 9.42. The fourth-order valence-corrected chi connectivity index (χ4v) is 3.93. The zero-order valence-corrected chi connectivity index (χ0v) is 27.3. The minimum atomic E-state index is -2.03. The molecule has 0 saturated carbocycles. The van der Waals surface area contributed by atoms with Crippen LogP contribution in [0.5, 0.6) is 0 Å². The first-order valence-corrected chi connectivity index (χ1v) is 14.6. The van der Waals surface area contributed by atoms with Crippen molar-refractivity contribution < 1.29 is 45.6 Å². The molecule has 0 unspecified atom stereocenters. The SMILES string of the molecule is ONON(C(=S)S)N(C(=S)[S-])N1CCNCC1.ONON(C(=S)S)N(C(=S)[S-])N1CCNCC1.[O]=[Mo+2]=[O]. The van der Waals surface area contributed by atoms with Gasteiger partial charge in [-0.05, 0) is 33.1 Å². The van der Waals surface area contributed by atoms with Crippen LogP contribution in [-0.2, 0) is 60.4 Å². The van der Waals surface area contributed by atoms with E-state index in [1.54, 1.807) is 0 Å². The summed E-state index contributed by atoms with van der Waals surface area (Å²) in [5.74, 6) is 0. The molecule has 2 saturated heterocycles. The van der Waals surface area contributed by atoms with Gasteiger partial charge < -0.3 is 60.3 Å². The molecule has 2 heterocycles. The first-order chi connectivity index (χ1) is 17.6. The molecule has 2 rings (SSSR count). The average Bonchev–Trinajstić information content (AvgIpc) is 2.85. The van der Waals surface area contributed by atoms with Gasteiger partial charge in [-0.15, -0.1) is 45.5 Å². The van der Waals surface area contributed by atoms with Crippen LogP contribution in [0.15, 0.2) is 0 Å². The molecule has 16 nitrogen and oxygen atoms in total. The number of nitrogens with zero attached hydrogens (tertiary/aromatic N) is 6. The summed E-state index contributed by atoms with van der Waals surface area (Å²) in [6.07, 6.45) is 0. The normalized spacial score (nSPS) is 15.5. The number of hydroxylamine groups is 2. The molecule has 37 heavy (non-hydrogen) atoms. The Labute approximate surface area is 265 Å². The average molecular weight is 757 g/mol. The van der Waals surface area contributed by atoms with Gasteiger partial charge in [-0.3, -0.25) is 10.4 Å². The van der Waals surface area contributed by atoms with Crippen molar-refractivity contribution in [2.45, 2.75) is 0 Å². The van der Waals surface area contributed by atoms with E-state index in [1.165, 1.54) is 21.5 Å². The molecule has 0 spiro atoms. The summed E-state index contributed by atoms with van der Waals surface area (Å²) in [7, 11) is 0. The molecular formula is C12H24MoN10O6S8. The van der Waals surface area contributed by atoms with Crippen molar-refractivity contribution in [3.05, 3.63) is 0 Å². The van der Waals surface area contributed by atoms with E-state index in [-0.39, 0.29) is 17.3 Å². The van der Waals surface area contributed by atoms with E-state index in [2.05, 4.69) is 35.9 Å². The number of rotatable bonds is 6. The van der Waals surface area contributed by atoms with E-state index in [4.69, 9.17) is 101 Å². The number of hydrazine groups is 4. The Bertz CT molecular complexity index is 721. The monoisotopic (exact) mass is 758 g/mol. The van der Waals surface area contributed by atoms with Crippen molar-refractivity contribution >= 4 is 117 Å². The van der Waals surface area contributed by atoms with Gasteiger partial charge in [0, 0.05) is 52.4 Å². The standard InChI is InChI=1S/2C6H13N5O2S4.Mo.2O/c2*12-8-13-11(6(16)17)10(5(14)15)9-3-1-7-2-4-9;;;/h2*7-8,12H,1-4H2,(H,14,15)(H,16,17);;;/q;;+2;;/p-2. The number of piperazine rings is 2. The maximum atomic E-state index is 8.57. The number of hydrogen-bond acceptors (Lipinski definition) is 18. The third-order valence-electron chi connectivity index (χ3n) is 3.98. The molecule has 0 atom stereocenters. The maximum absolute atomic E-state index is 8.57. The Kier molecular flexibility index (Phi) is 22.7. The zero-order valence-electron chi connectivity index (χ0n) is 18.6. The van der Waals surface area contributed by atoms with Crippen LogP contribution in [0, 0.1) is 0 Å². The summed E-state index contributed by atoms with van der Waals surface area (Å²) < 4.78 is 17.3. The first-order valence-electron chi connectivity index (χ1n) is 9.60. The topological polar surface area (TPSA) is 161 Å². The second kappa shape index (κ2) is 22.3. The predicted molar refractivity (Wildman–Crippen MR) is 153 cm³/mol. The summed E-state index contributed by atoms with van der Waals surface area (Å²) in [5.41, 5.74) is 3.05. The molecular weight excluding hydrogens is 733 g/mol. The van der Waals surface area contributed by atoms with E-state index in [1.807, 2.05) is 10.0 Å². The third-order valence-corrected chi connectivity index (χ3v) is 5.28. The van der Waals surface area contributed by atoms with E-state index < -0.39 is 18.5 Å². The second-order valence-electron chi connectivity index (χ2n) is 6.06. The van der Waals surface area contributed by atoms with Crippen LogP contribution in [0.2, 0.25) is 0 Å². The zero-order chi connectivity index (χ0) is 28.4. The number of nitrogens with one attached hydrogen (secondary N) is 4. The molecule has 212 valence electrons. The van der Waals surface area contributed by atoms with Gasteiger partial charge in [-0.1, -0.05) is 11.3 Å². The van der Waals surface area contributed by atoms with Crippen LogP contribution in [0.3, 0.4) is 0 Å². The van der Waals surface area contributed by atoms with Crippen molar-refractivity contribution in [3.63, 3.8) is 0 Å². The summed E-state index contributed by atoms with van der Waals surface area (Å²) in [6, 6.07) is 0. The molecule has 0 amide bonds. The van der Waals surface area contributed by atoms with Gasteiger partial charge in [-0.2, -0.15) is 10.0 Å². The van der Waals surface area contributed by atoms with E-state index in [0.29, 0.717) is 26.2 Å². The van der Waals surface area contributed by atoms with Gasteiger partial charge in [-0.25, -0.2) is 10.2 Å². The van der Waals surface area contributed by atoms with Gasteiger partial charge in [0.2, 0.25) is 0 Å². The van der Waals surface area contributed by atoms with Crippen molar-refractivity contribution in [1.82, 2.24) is 52.5 Å². The van der Waals surface area contributed by atoms with Crippen LogP contribution in [-0.4, -0.2) is 111 Å². The molecule has 0 aromatic heterocycles. The molecule has 2 aliphatic rings. The van der Waals surface area contributed by atoms with Crippen LogP contribution < -0.4 is 21.9 Å². The molecule has 0 aromatic rings. The van der Waals surface area contributed by atoms with E-state index in [9.17, 15) is 0 Å². The van der Waals surface area contributed by atoms with Gasteiger partial charge in [0.15, 0.2) is 8.64 Å². The summed E-state index contributed by atoms with van der Waals surface area (Å²) >= 11 is 35.5. The van der Waals surface area contributed by atoms with Crippen LogP contribution in [0.25, 0.3) is 0 Å². The quantitative estimate of drug-likeness (QED) is 0.0502. The molecule has 0 bridgehead atoms. The number of thiol groups is 2. The second-order valence-corrected chi connectivity index (χ2v) is 10.7. The summed E-state index contributed by atoms with van der Waals surface area (Å²) in [5, 5.41) is 31.9. The van der Waals surface area contributed by atoms with Crippen molar-refractivity contribution in [2.75, 3.05) is 52.4 Å². The fraction of sp³-hybridized carbons (Fsp3) is 0.667. The predicted octanol–water partition coefficient (Wildman–Crippen LogP) is -1.85. The van der Waals surface area contributed by atoms with Gasteiger partial charge in [0.25, 0.3) is 0 Å². The molecule has 6 N–H and O–H groups in total. The van der Waals surface area contributed by atoms with Gasteiger partial charge in [0.05, 0.1) is 0 Å². The van der Waals surface area contributed by atoms with Crippen LogP contribution in [0.4, 0.5) is 0 Å². The van der Waals surface area contributed by atoms with Crippen molar-refractivity contribution in [3.8, 4) is 0 Å². The fourth-order valence-electron chi connectivity index (χ4n) is 2.69. The number of hydrogen-bond donors (Lipinski definition) is 8. The molecule has 0 aromatic carbocycles.